The van der Waals surface area contributed by atoms with E-state index in [4.69, 9.17) is 0 Å². The van der Waals surface area contributed by atoms with E-state index in [0.717, 1.165) is 16.5 Å². The van der Waals surface area contributed by atoms with Gasteiger partial charge in [0.05, 0.1) is 0 Å². The number of carbonyl (C=O) groups excluding carboxylic acids is 2. The van der Waals surface area contributed by atoms with E-state index in [9.17, 15) is 9.59 Å². The van der Waals surface area contributed by atoms with E-state index >= 15 is 0 Å². The molecule has 2 aromatic rings. The number of hydrogen-bond donors (Lipinski definition) is 3. The molecule has 5 nitrogen and oxygen atoms in total. The van der Waals surface area contributed by atoms with Crippen LogP contribution in [0.15, 0.2) is 30.5 Å². The Morgan fingerprint density at radius 1 is 1.10 bits per heavy atom. The van der Waals surface area contributed by atoms with E-state index in [-0.39, 0.29) is 17.7 Å². The van der Waals surface area contributed by atoms with Gasteiger partial charge in [-0.1, -0.05) is 32.0 Å². The van der Waals surface area contributed by atoms with Crippen molar-refractivity contribution in [2.75, 3.05) is 0 Å². The van der Waals surface area contributed by atoms with Crippen molar-refractivity contribution < 1.29 is 9.59 Å². The number of fused-ring (bicyclic) bond motifs is 1. The fourth-order valence-corrected chi connectivity index (χ4v) is 2.78. The summed E-state index contributed by atoms with van der Waals surface area (Å²) in [6.45, 7) is 3.84. The lowest BCUT2D eigenvalue weighted by Crippen LogP contribution is -2.63. The average molecular weight is 285 g/mol. The van der Waals surface area contributed by atoms with Crippen molar-refractivity contribution in [3.05, 3.63) is 36.0 Å². The number of piperazine rings is 1. The molecule has 0 saturated carbocycles. The highest BCUT2D eigenvalue weighted by Gasteiger charge is 2.35. The fraction of sp³-hybridized carbons (Fsp3) is 0.375. The molecule has 3 N–H and O–H groups in total. The summed E-state index contributed by atoms with van der Waals surface area (Å²) in [7, 11) is 0. The summed E-state index contributed by atoms with van der Waals surface area (Å²) in [4.78, 5) is 27.4. The topological polar surface area (TPSA) is 74.0 Å². The first-order chi connectivity index (χ1) is 10.1. The first-order valence-corrected chi connectivity index (χ1v) is 7.22. The third-order valence-electron chi connectivity index (χ3n) is 3.98. The van der Waals surface area contributed by atoms with Crippen molar-refractivity contribution in [2.45, 2.75) is 32.4 Å². The number of carbonyl (C=O) groups is 2. The van der Waals surface area contributed by atoms with Crippen molar-refractivity contribution in [1.29, 1.82) is 0 Å². The molecule has 0 bridgehead atoms. The molecule has 1 fully saturated rings. The van der Waals surface area contributed by atoms with Gasteiger partial charge in [-0.25, -0.2) is 0 Å². The third-order valence-corrected chi connectivity index (χ3v) is 3.98. The minimum absolute atomic E-state index is 0.0861. The minimum atomic E-state index is -0.508. The molecule has 0 aliphatic carbocycles. The summed E-state index contributed by atoms with van der Waals surface area (Å²) in [6, 6.07) is 7.00. The molecule has 1 aromatic heterocycles. The number of para-hydroxylation sites is 1. The van der Waals surface area contributed by atoms with Crippen LogP contribution in [0.1, 0.15) is 19.4 Å². The zero-order valence-electron chi connectivity index (χ0n) is 12.1. The van der Waals surface area contributed by atoms with E-state index in [1.165, 1.54) is 0 Å². The molecule has 110 valence electrons. The molecule has 5 heteroatoms. The monoisotopic (exact) mass is 285 g/mol. The number of benzene rings is 1. The number of hydrogen-bond acceptors (Lipinski definition) is 2. The van der Waals surface area contributed by atoms with Gasteiger partial charge in [0, 0.05) is 23.5 Å². The zero-order valence-corrected chi connectivity index (χ0v) is 12.1. The Morgan fingerprint density at radius 2 is 1.86 bits per heavy atom. The lowest BCUT2D eigenvalue weighted by molar-refractivity contribution is -0.137. The quantitative estimate of drug-likeness (QED) is 0.796. The molecule has 1 aromatic carbocycles. The van der Waals surface area contributed by atoms with Gasteiger partial charge >= 0.3 is 0 Å². The van der Waals surface area contributed by atoms with Crippen LogP contribution in [0.2, 0.25) is 0 Å². The molecule has 2 heterocycles. The highest BCUT2D eigenvalue weighted by molar-refractivity contribution is 5.97. The lowest BCUT2D eigenvalue weighted by atomic mass is 9.97. The van der Waals surface area contributed by atoms with Crippen LogP contribution in [-0.2, 0) is 16.0 Å². The van der Waals surface area contributed by atoms with Gasteiger partial charge in [0.15, 0.2) is 0 Å². The average Bonchev–Trinajstić information content (AvgIpc) is 2.85. The number of aromatic amines is 1. The zero-order chi connectivity index (χ0) is 15.0. The van der Waals surface area contributed by atoms with Crippen molar-refractivity contribution in [2.24, 2.45) is 5.92 Å². The maximum Gasteiger partial charge on any atom is 0.243 e. The van der Waals surface area contributed by atoms with E-state index in [1.54, 1.807) is 0 Å². The Bertz CT molecular complexity index is 690. The number of H-pyrrole nitrogens is 1. The van der Waals surface area contributed by atoms with Crippen molar-refractivity contribution in [3.63, 3.8) is 0 Å². The number of amides is 2. The molecule has 1 aliphatic heterocycles. The van der Waals surface area contributed by atoms with Gasteiger partial charge in [-0.15, -0.1) is 0 Å². The largest absolute Gasteiger partial charge is 0.361 e. The van der Waals surface area contributed by atoms with Crippen LogP contribution in [0.5, 0.6) is 0 Å². The number of aromatic nitrogens is 1. The van der Waals surface area contributed by atoms with Gasteiger partial charge < -0.3 is 15.6 Å². The third kappa shape index (κ3) is 2.51. The Balaban J connectivity index is 1.79. The molecule has 3 rings (SSSR count). The predicted molar refractivity (Wildman–Crippen MR) is 80.7 cm³/mol. The highest BCUT2D eigenvalue weighted by atomic mass is 16.2. The Kier molecular flexibility index (Phi) is 3.41. The molecule has 1 aliphatic rings. The SMILES string of the molecule is CC(C)[C@@H]1NC(=O)[C@@H](Cc2c[nH]c3ccccc23)NC1=O. The molecule has 0 radical (unpaired) electrons. The fourth-order valence-electron chi connectivity index (χ4n) is 2.78. The molecule has 2 atom stereocenters. The van der Waals surface area contributed by atoms with Gasteiger partial charge in [-0.05, 0) is 17.5 Å². The summed E-state index contributed by atoms with van der Waals surface area (Å²) in [5.41, 5.74) is 2.07. The maximum absolute atomic E-state index is 12.2. The molecule has 21 heavy (non-hydrogen) atoms. The number of rotatable bonds is 3. The van der Waals surface area contributed by atoms with Crippen LogP contribution >= 0.6 is 0 Å². The lowest BCUT2D eigenvalue weighted by Gasteiger charge is -2.31. The first-order valence-electron chi connectivity index (χ1n) is 7.22. The van der Waals surface area contributed by atoms with Gasteiger partial charge in [0.2, 0.25) is 11.8 Å². The van der Waals surface area contributed by atoms with Crippen LogP contribution in [-0.4, -0.2) is 28.9 Å². The summed E-state index contributed by atoms with van der Waals surface area (Å²) < 4.78 is 0. The second-order valence-electron chi connectivity index (χ2n) is 5.86. The van der Waals surface area contributed by atoms with Crippen molar-refractivity contribution in [1.82, 2.24) is 15.6 Å². The highest BCUT2D eigenvalue weighted by Crippen LogP contribution is 2.20. The summed E-state index contributed by atoms with van der Waals surface area (Å²) in [6.07, 6.45) is 2.39. The molecule has 0 unspecified atom stereocenters. The normalized spacial score (nSPS) is 22.4. The number of nitrogens with one attached hydrogen (secondary N) is 3. The van der Waals surface area contributed by atoms with E-state index in [0.29, 0.717) is 6.42 Å². The van der Waals surface area contributed by atoms with Gasteiger partial charge in [-0.2, -0.15) is 0 Å². The Labute approximate surface area is 123 Å². The molecular formula is C16H19N3O2. The molecule has 2 amide bonds. The van der Waals surface area contributed by atoms with Crippen molar-refractivity contribution >= 4 is 22.7 Å². The van der Waals surface area contributed by atoms with E-state index < -0.39 is 12.1 Å². The minimum Gasteiger partial charge on any atom is -0.361 e. The second kappa shape index (κ2) is 5.24. The van der Waals surface area contributed by atoms with Crippen LogP contribution in [0.25, 0.3) is 10.9 Å². The first kappa shape index (κ1) is 13.7. The van der Waals surface area contributed by atoms with Gasteiger partial charge in [0.25, 0.3) is 0 Å². The summed E-state index contributed by atoms with van der Waals surface area (Å²) >= 11 is 0. The second-order valence-corrected chi connectivity index (χ2v) is 5.86. The van der Waals surface area contributed by atoms with Gasteiger partial charge in [-0.3, -0.25) is 9.59 Å². The standard InChI is InChI=1S/C16H19N3O2/c1-9(2)14-16(21)18-13(15(20)19-14)7-10-8-17-12-6-4-3-5-11(10)12/h3-6,8-9,13-14,17H,7H2,1-2H3,(H,18,21)(H,19,20)/t13-,14+/m1/s1. The predicted octanol–water partition coefficient (Wildman–Crippen LogP) is 1.35. The van der Waals surface area contributed by atoms with Crippen LogP contribution < -0.4 is 10.6 Å². The van der Waals surface area contributed by atoms with E-state index in [2.05, 4.69) is 15.6 Å². The smallest absolute Gasteiger partial charge is 0.243 e. The van der Waals surface area contributed by atoms with Gasteiger partial charge in [0.1, 0.15) is 12.1 Å². The molecule has 1 saturated heterocycles. The maximum atomic E-state index is 12.2. The molecule has 0 spiro atoms. The summed E-state index contributed by atoms with van der Waals surface area (Å²) in [5, 5.41) is 6.74. The Hall–Kier alpha value is -2.30. The van der Waals surface area contributed by atoms with E-state index in [1.807, 2.05) is 44.3 Å². The van der Waals surface area contributed by atoms with Crippen molar-refractivity contribution in [3.8, 4) is 0 Å². The van der Waals surface area contributed by atoms with Crippen LogP contribution in [0.4, 0.5) is 0 Å². The Morgan fingerprint density at radius 3 is 2.62 bits per heavy atom. The van der Waals surface area contributed by atoms with Crippen LogP contribution in [0.3, 0.4) is 0 Å². The molecular weight excluding hydrogens is 266 g/mol. The summed E-state index contributed by atoms with van der Waals surface area (Å²) in [5.74, 6) is -0.129. The van der Waals surface area contributed by atoms with Crippen LogP contribution in [0, 0.1) is 5.92 Å².